The van der Waals surface area contributed by atoms with Gasteiger partial charge in [0.15, 0.2) is 0 Å². The molecule has 0 aliphatic carbocycles. The van der Waals surface area contributed by atoms with Crippen LogP contribution >= 0.6 is 0 Å². The molecule has 0 atom stereocenters. The van der Waals surface area contributed by atoms with Crippen LogP contribution in [0.3, 0.4) is 0 Å². The van der Waals surface area contributed by atoms with Gasteiger partial charge in [-0.25, -0.2) is 0 Å². The number of aromatic nitrogens is 1. The van der Waals surface area contributed by atoms with Crippen molar-refractivity contribution in [1.82, 2.24) is 4.98 Å². The molecule has 1 aromatic rings. The summed E-state index contributed by atoms with van der Waals surface area (Å²) in [5, 5.41) is 0. The largest absolute Gasteiger partial charge is 0.378 e. The van der Waals surface area contributed by atoms with Gasteiger partial charge in [-0.3, -0.25) is 4.98 Å². The second-order valence-electron chi connectivity index (χ2n) is 2.10. The summed E-state index contributed by atoms with van der Waals surface area (Å²) in [4.78, 5) is 5.94. The van der Waals surface area contributed by atoms with Gasteiger partial charge in [0.2, 0.25) is 0 Å². The van der Waals surface area contributed by atoms with Crippen molar-refractivity contribution in [2.75, 3.05) is 19.0 Å². The molecule has 0 spiro atoms. The molecule has 0 unspecified atom stereocenters. The average molecular weight is 274 g/mol. The minimum absolute atomic E-state index is 0. The predicted octanol–water partition coefficient (Wildman–Crippen LogP) is 1.15. The van der Waals surface area contributed by atoms with Crippen molar-refractivity contribution >= 4 is 5.69 Å². The molecule has 0 amide bonds. The average Bonchev–Trinajstić information content (AvgIpc) is 1.90. The van der Waals surface area contributed by atoms with E-state index in [2.05, 4.69) is 4.98 Å². The molecule has 0 saturated heterocycles. The Kier molecular flexibility index (Phi) is 5.50. The first-order valence-electron chi connectivity index (χ1n) is 2.88. The summed E-state index contributed by atoms with van der Waals surface area (Å²) >= 11 is 0. The fraction of sp³-hybridized carbons (Fsp3) is 0.286. The van der Waals surface area contributed by atoms with Crippen LogP contribution in [0.2, 0.25) is 0 Å². The molecule has 0 aliphatic heterocycles. The molecule has 0 aromatic carbocycles. The van der Waals surface area contributed by atoms with Crippen LogP contribution in [0.4, 0.5) is 5.69 Å². The molecule has 10 heavy (non-hydrogen) atoms. The molecule has 1 heterocycles. The molecule has 1 rings (SSSR count). The molecule has 0 aliphatic rings. The van der Waals surface area contributed by atoms with Crippen molar-refractivity contribution in [3.8, 4) is 0 Å². The van der Waals surface area contributed by atoms with E-state index in [1.807, 2.05) is 31.1 Å². The van der Waals surface area contributed by atoms with Gasteiger partial charge in [0.05, 0.1) is 0 Å². The van der Waals surface area contributed by atoms with Crippen LogP contribution in [0.5, 0.6) is 0 Å². The third-order valence-electron chi connectivity index (χ3n) is 1.18. The molecule has 0 saturated carbocycles. The van der Waals surface area contributed by atoms with E-state index in [4.69, 9.17) is 0 Å². The zero-order valence-corrected chi connectivity index (χ0v) is 8.51. The second-order valence-corrected chi connectivity index (χ2v) is 2.10. The van der Waals surface area contributed by atoms with Gasteiger partial charge >= 0.3 is 0 Å². The first kappa shape index (κ1) is 10.5. The summed E-state index contributed by atoms with van der Waals surface area (Å²) in [6, 6.07) is 3.94. The monoisotopic (exact) mass is 275 g/mol. The van der Waals surface area contributed by atoms with Gasteiger partial charge in [-0.1, -0.05) is 0 Å². The maximum atomic E-state index is 3.90. The molecule has 0 fully saturated rings. The van der Waals surface area contributed by atoms with Crippen molar-refractivity contribution in [2.24, 2.45) is 0 Å². The number of hydrogen-bond acceptors (Lipinski definition) is 2. The number of nitrogens with zero attached hydrogens (tertiary/aromatic N) is 2. The van der Waals surface area contributed by atoms with Crippen molar-refractivity contribution in [3.05, 3.63) is 24.5 Å². The summed E-state index contributed by atoms with van der Waals surface area (Å²) in [6.45, 7) is 0. The van der Waals surface area contributed by atoms with Crippen molar-refractivity contribution in [2.45, 2.75) is 0 Å². The van der Waals surface area contributed by atoms with Gasteiger partial charge in [-0.05, 0) is 12.1 Å². The molecule has 1 radical (unpaired) electrons. The van der Waals surface area contributed by atoms with Crippen molar-refractivity contribution in [3.63, 3.8) is 0 Å². The van der Waals surface area contributed by atoms with Gasteiger partial charge in [0.25, 0.3) is 0 Å². The molecule has 1 aromatic heterocycles. The van der Waals surface area contributed by atoms with Crippen LogP contribution in [-0.2, 0) is 0 Å². The van der Waals surface area contributed by atoms with Crippen LogP contribution in [0.25, 0.3) is 0 Å². The van der Waals surface area contributed by atoms with Gasteiger partial charge in [-0.2, -0.15) is 0 Å². The maximum absolute atomic E-state index is 3.90. The zero-order chi connectivity index (χ0) is 6.69. The quantitative estimate of drug-likeness (QED) is 0.763. The smallest absolute Gasteiger partial charge is 0.0391 e. The van der Waals surface area contributed by atoms with Crippen LogP contribution in [0.1, 0.15) is 0 Å². The van der Waals surface area contributed by atoms with E-state index in [0.717, 1.165) is 0 Å². The Morgan fingerprint density at radius 1 is 1.20 bits per heavy atom. The first-order valence-corrected chi connectivity index (χ1v) is 2.88. The molecule has 2 nitrogen and oxygen atoms in total. The Labute approximate surface area is 102 Å². The Balaban J connectivity index is 0.000000810. The molecular formula is C7H10EuN2. The molecule has 0 bridgehead atoms. The van der Waals surface area contributed by atoms with Gasteiger partial charge in [-0.15, -0.1) is 0 Å². The molecular weight excluding hydrogens is 264 g/mol. The van der Waals surface area contributed by atoms with Crippen molar-refractivity contribution in [1.29, 1.82) is 0 Å². The van der Waals surface area contributed by atoms with E-state index in [9.17, 15) is 0 Å². The Bertz CT molecular complexity index is 174. The number of hydrogen-bond donors (Lipinski definition) is 0. The Hall–Kier alpha value is 0.534. The third kappa shape index (κ3) is 3.08. The van der Waals surface area contributed by atoms with Crippen LogP contribution < -0.4 is 4.90 Å². The number of pyridine rings is 1. The summed E-state index contributed by atoms with van der Waals surface area (Å²) < 4.78 is 0. The minimum Gasteiger partial charge on any atom is -0.378 e. The second kappa shape index (κ2) is 5.22. The Morgan fingerprint density at radius 2 is 1.70 bits per heavy atom. The summed E-state index contributed by atoms with van der Waals surface area (Å²) in [5.74, 6) is 0. The van der Waals surface area contributed by atoms with Gasteiger partial charge in [0.1, 0.15) is 0 Å². The van der Waals surface area contributed by atoms with E-state index in [-0.39, 0.29) is 49.4 Å². The van der Waals surface area contributed by atoms with Crippen LogP contribution in [-0.4, -0.2) is 19.1 Å². The SMILES string of the molecule is CN(C)c1ccncc1.[Eu]. The summed E-state index contributed by atoms with van der Waals surface area (Å²) in [5.41, 5.74) is 1.19. The van der Waals surface area contributed by atoms with E-state index in [1.165, 1.54) is 5.69 Å². The van der Waals surface area contributed by atoms with E-state index >= 15 is 0 Å². The van der Waals surface area contributed by atoms with Gasteiger partial charge in [0, 0.05) is 81.6 Å². The van der Waals surface area contributed by atoms with Crippen LogP contribution in [0.15, 0.2) is 24.5 Å². The number of rotatable bonds is 1. The maximum Gasteiger partial charge on any atom is 0.0391 e. The summed E-state index contributed by atoms with van der Waals surface area (Å²) in [7, 11) is 4.02. The Morgan fingerprint density at radius 3 is 2.00 bits per heavy atom. The van der Waals surface area contributed by atoms with E-state index < -0.39 is 0 Å². The fourth-order valence-corrected chi connectivity index (χ4v) is 0.642. The molecule has 0 N–H and O–H groups in total. The fourth-order valence-electron chi connectivity index (χ4n) is 0.642. The topological polar surface area (TPSA) is 16.1 Å². The van der Waals surface area contributed by atoms with Crippen LogP contribution in [0, 0.1) is 49.4 Å². The standard InChI is InChI=1S/C7H10N2.Eu/c1-9(2)7-3-5-8-6-4-7;/h3-6H,1-2H3;. The van der Waals surface area contributed by atoms with E-state index in [1.54, 1.807) is 12.4 Å². The predicted molar refractivity (Wildman–Crippen MR) is 38.6 cm³/mol. The summed E-state index contributed by atoms with van der Waals surface area (Å²) in [6.07, 6.45) is 3.57. The minimum atomic E-state index is 0. The van der Waals surface area contributed by atoms with Gasteiger partial charge < -0.3 is 4.90 Å². The third-order valence-corrected chi connectivity index (χ3v) is 1.18. The molecule has 3 heteroatoms. The normalized spacial score (nSPS) is 8.20. The van der Waals surface area contributed by atoms with E-state index in [0.29, 0.717) is 0 Å². The zero-order valence-electron chi connectivity index (χ0n) is 6.08. The first-order chi connectivity index (χ1) is 4.30. The van der Waals surface area contributed by atoms with Crippen molar-refractivity contribution < 1.29 is 49.4 Å². The molecule has 55 valence electrons. The number of anilines is 1.